The number of nitrogen functional groups attached to an aromatic ring is 1. The zero-order valence-corrected chi connectivity index (χ0v) is 24.6. The molecule has 0 spiro atoms. The van der Waals surface area contributed by atoms with Gasteiger partial charge in [0.1, 0.15) is 16.5 Å². The van der Waals surface area contributed by atoms with Crippen LogP contribution in [0.3, 0.4) is 0 Å². The number of aromatic nitrogens is 2. The number of carbonyl (C=O) groups excluding carboxylic acids is 1. The van der Waals surface area contributed by atoms with E-state index in [0.29, 0.717) is 27.8 Å². The number of nitrogens with zero attached hydrogens (tertiary/aromatic N) is 2. The van der Waals surface area contributed by atoms with E-state index in [1.54, 1.807) is 19.2 Å². The lowest BCUT2D eigenvalue weighted by Gasteiger charge is -2.14. The van der Waals surface area contributed by atoms with E-state index in [1.165, 1.54) is 35.4 Å². The molecule has 2 aromatic heterocycles. The second-order valence-corrected chi connectivity index (χ2v) is 11.0. The monoisotopic (exact) mass is 592 g/mol. The number of nitrogens with two attached hydrogens (primary N) is 2. The molecule has 40 heavy (non-hydrogen) atoms. The maximum Gasteiger partial charge on any atom is 0.274 e. The summed E-state index contributed by atoms with van der Waals surface area (Å²) in [6.07, 6.45) is 4.40. The molecule has 8 nitrogen and oxygen atoms in total. The number of methoxy groups -OCH3 is 1. The summed E-state index contributed by atoms with van der Waals surface area (Å²) >= 11 is 9.00. The summed E-state index contributed by atoms with van der Waals surface area (Å²) in [6, 6.07) is 16.1. The highest BCUT2D eigenvalue weighted by Crippen LogP contribution is 2.39. The van der Waals surface area contributed by atoms with Crippen LogP contribution in [0.4, 0.5) is 17.1 Å². The molecule has 4 rings (SSSR count). The van der Waals surface area contributed by atoms with E-state index in [1.807, 2.05) is 48.7 Å². The number of hydrogen-bond acceptors (Lipinski definition) is 9. The van der Waals surface area contributed by atoms with Gasteiger partial charge in [-0.1, -0.05) is 48.5 Å². The molecule has 0 saturated heterocycles. The van der Waals surface area contributed by atoms with Crippen LogP contribution in [0.5, 0.6) is 5.75 Å². The minimum atomic E-state index is -0.348. The molecular weight excluding hydrogens is 564 g/mol. The number of ether oxygens (including phenoxy) is 1. The molecule has 0 atom stereocenters. The summed E-state index contributed by atoms with van der Waals surface area (Å²) in [5, 5.41) is 10.4. The van der Waals surface area contributed by atoms with Crippen molar-refractivity contribution in [3.05, 3.63) is 98.7 Å². The number of amides is 1. The molecule has 0 bridgehead atoms. The van der Waals surface area contributed by atoms with Crippen LogP contribution in [0.25, 0.3) is 16.2 Å². The standard InChI is InChI=1S/C29H29ClN6O2S2/c1-4-6-26(34-22-13-20(32)14-23(15-22)38-3)40-27(17(2)31)29-36-25(16-39-29)18-7-5-8-21(11-18)35-28(37)24-12-19(30)9-10-33-24/h5-16,34H,4,31-32H2,1-3H3,(H,35,37)/b26-6+,27-17+. The van der Waals surface area contributed by atoms with Gasteiger partial charge in [0.15, 0.2) is 0 Å². The highest BCUT2D eigenvalue weighted by molar-refractivity contribution is 8.12. The molecule has 206 valence electrons. The van der Waals surface area contributed by atoms with E-state index >= 15 is 0 Å². The van der Waals surface area contributed by atoms with Gasteiger partial charge in [-0.2, -0.15) is 0 Å². The summed E-state index contributed by atoms with van der Waals surface area (Å²) in [6.45, 7) is 3.92. The third-order valence-electron chi connectivity index (χ3n) is 5.46. The molecular formula is C29H29ClN6O2S2. The van der Waals surface area contributed by atoms with Gasteiger partial charge in [0, 0.05) is 57.1 Å². The Bertz CT molecular complexity index is 1580. The Morgan fingerprint density at radius 1 is 1.15 bits per heavy atom. The summed E-state index contributed by atoms with van der Waals surface area (Å²) < 4.78 is 5.35. The number of allylic oxidation sites excluding steroid dienone is 2. The van der Waals surface area contributed by atoms with Crippen LogP contribution in [0, 0.1) is 0 Å². The van der Waals surface area contributed by atoms with Crippen LogP contribution in [0.1, 0.15) is 35.8 Å². The van der Waals surface area contributed by atoms with Crippen molar-refractivity contribution in [1.29, 1.82) is 0 Å². The van der Waals surface area contributed by atoms with Crippen LogP contribution >= 0.6 is 34.7 Å². The zero-order valence-electron chi connectivity index (χ0n) is 22.2. The molecule has 0 aliphatic carbocycles. The van der Waals surface area contributed by atoms with Crippen molar-refractivity contribution in [3.8, 4) is 17.0 Å². The summed E-state index contributed by atoms with van der Waals surface area (Å²) in [4.78, 5) is 22.4. The van der Waals surface area contributed by atoms with E-state index in [-0.39, 0.29) is 11.6 Å². The molecule has 1 amide bonds. The van der Waals surface area contributed by atoms with E-state index in [4.69, 9.17) is 32.8 Å². The Hall–Kier alpha value is -3.99. The van der Waals surface area contributed by atoms with E-state index in [9.17, 15) is 4.79 Å². The van der Waals surface area contributed by atoms with E-state index < -0.39 is 0 Å². The largest absolute Gasteiger partial charge is 0.497 e. The number of hydrogen-bond donors (Lipinski definition) is 4. The molecule has 0 fully saturated rings. The topological polar surface area (TPSA) is 128 Å². The third kappa shape index (κ3) is 7.56. The van der Waals surface area contributed by atoms with Gasteiger partial charge in [-0.25, -0.2) is 4.98 Å². The van der Waals surface area contributed by atoms with Crippen molar-refractivity contribution in [2.24, 2.45) is 5.73 Å². The Balaban J connectivity index is 1.54. The summed E-state index contributed by atoms with van der Waals surface area (Å²) in [7, 11) is 1.61. The van der Waals surface area contributed by atoms with Gasteiger partial charge in [-0.15, -0.1) is 11.3 Å². The van der Waals surface area contributed by atoms with Gasteiger partial charge in [0.05, 0.1) is 22.7 Å². The first kappa shape index (κ1) is 29.0. The third-order valence-corrected chi connectivity index (χ3v) is 7.89. The molecule has 0 saturated carbocycles. The number of thioether (sulfide) groups is 1. The number of carbonyl (C=O) groups is 1. The van der Waals surface area contributed by atoms with E-state index in [2.05, 4.69) is 28.6 Å². The maximum atomic E-state index is 12.6. The van der Waals surface area contributed by atoms with Gasteiger partial charge in [0.2, 0.25) is 0 Å². The molecule has 2 aromatic carbocycles. The van der Waals surface area contributed by atoms with Crippen molar-refractivity contribution < 1.29 is 9.53 Å². The van der Waals surface area contributed by atoms with Crippen molar-refractivity contribution in [1.82, 2.24) is 9.97 Å². The SMILES string of the molecule is CC/C=C(\Nc1cc(N)cc(OC)c1)S/C(=C(\C)N)c1nc(-c2cccc(NC(=O)c3cc(Cl)ccn3)c2)cs1. The Morgan fingerprint density at radius 2 is 1.98 bits per heavy atom. The van der Waals surface area contributed by atoms with E-state index in [0.717, 1.165) is 38.3 Å². The fourth-order valence-corrected chi connectivity index (χ4v) is 5.84. The first-order valence-electron chi connectivity index (χ1n) is 12.3. The predicted molar refractivity (Wildman–Crippen MR) is 169 cm³/mol. The minimum absolute atomic E-state index is 0.236. The van der Waals surface area contributed by atoms with Gasteiger partial charge >= 0.3 is 0 Å². The average Bonchev–Trinajstić information content (AvgIpc) is 3.41. The number of rotatable bonds is 10. The van der Waals surface area contributed by atoms with Crippen LogP contribution in [-0.4, -0.2) is 23.0 Å². The highest BCUT2D eigenvalue weighted by Gasteiger charge is 2.16. The second-order valence-electron chi connectivity index (χ2n) is 8.64. The Labute approximate surface area is 246 Å². The highest BCUT2D eigenvalue weighted by atomic mass is 35.5. The van der Waals surface area contributed by atoms with Crippen LogP contribution in [-0.2, 0) is 0 Å². The fraction of sp³-hybridized carbons (Fsp3) is 0.138. The summed E-state index contributed by atoms with van der Waals surface area (Å²) in [5.41, 5.74) is 16.9. The van der Waals surface area contributed by atoms with Gasteiger partial charge in [-0.3, -0.25) is 9.78 Å². The maximum absolute atomic E-state index is 12.6. The second kappa shape index (κ2) is 13.4. The quantitative estimate of drug-likeness (QED) is 0.140. The average molecular weight is 593 g/mol. The van der Waals surface area contributed by atoms with Crippen molar-refractivity contribution >= 4 is 62.6 Å². The van der Waals surface area contributed by atoms with Gasteiger partial charge < -0.3 is 26.8 Å². The van der Waals surface area contributed by atoms with Crippen molar-refractivity contribution in [2.45, 2.75) is 20.3 Å². The number of thiazole rings is 1. The molecule has 6 N–H and O–H groups in total. The molecule has 0 radical (unpaired) electrons. The van der Waals surface area contributed by atoms with Crippen molar-refractivity contribution in [2.75, 3.05) is 23.5 Å². The fourth-order valence-electron chi connectivity index (χ4n) is 3.65. The van der Waals surface area contributed by atoms with Crippen LogP contribution in [0.15, 0.2) is 83.0 Å². The first-order valence-corrected chi connectivity index (χ1v) is 14.4. The zero-order chi connectivity index (χ0) is 28.6. The van der Waals surface area contributed by atoms with Gasteiger partial charge in [-0.05, 0) is 43.7 Å². The lowest BCUT2D eigenvalue weighted by molar-refractivity contribution is 0.102. The normalized spacial score (nSPS) is 12.1. The minimum Gasteiger partial charge on any atom is -0.497 e. The number of anilines is 3. The molecule has 0 aliphatic heterocycles. The summed E-state index contributed by atoms with van der Waals surface area (Å²) in [5.74, 6) is 0.320. The lowest BCUT2D eigenvalue weighted by Crippen LogP contribution is -2.13. The molecule has 4 aromatic rings. The lowest BCUT2D eigenvalue weighted by atomic mass is 10.1. The van der Waals surface area contributed by atoms with Crippen LogP contribution in [0.2, 0.25) is 5.02 Å². The van der Waals surface area contributed by atoms with Gasteiger partial charge in [0.25, 0.3) is 5.91 Å². The number of pyridine rings is 1. The first-order chi connectivity index (χ1) is 19.2. The number of nitrogens with one attached hydrogen (secondary N) is 2. The molecule has 2 heterocycles. The Kier molecular flexibility index (Phi) is 9.70. The number of benzene rings is 2. The van der Waals surface area contributed by atoms with Crippen molar-refractivity contribution in [3.63, 3.8) is 0 Å². The number of halogens is 1. The molecule has 11 heteroatoms. The van der Waals surface area contributed by atoms with Crippen LogP contribution < -0.4 is 26.8 Å². The molecule has 0 aliphatic rings. The molecule has 0 unspecified atom stereocenters. The Morgan fingerprint density at radius 3 is 2.70 bits per heavy atom. The predicted octanol–water partition coefficient (Wildman–Crippen LogP) is 7.45. The smallest absolute Gasteiger partial charge is 0.274 e.